The quantitative estimate of drug-likeness (QED) is 0.0540. The van der Waals surface area contributed by atoms with Crippen LogP contribution < -0.4 is 37.2 Å². The Morgan fingerprint density at radius 1 is 0.662 bits per heavy atom. The van der Waals surface area contributed by atoms with Crippen LogP contribution in [0.5, 0.6) is 0 Å². The van der Waals surface area contributed by atoms with Crippen LogP contribution in [0.1, 0.15) is 123 Å². The van der Waals surface area contributed by atoms with E-state index in [-0.39, 0.29) is 79.4 Å². The normalized spacial score (nSPS) is 21.9. The highest BCUT2D eigenvalue weighted by molar-refractivity contribution is 6.79. The predicted octanol–water partition coefficient (Wildman–Crippen LogP) is 6.05. The number of fused-ring (bicyclic) bond motifs is 2. The van der Waals surface area contributed by atoms with E-state index in [9.17, 15) is 33.6 Å². The van der Waals surface area contributed by atoms with Crippen LogP contribution in [0.3, 0.4) is 0 Å². The van der Waals surface area contributed by atoms with Crippen molar-refractivity contribution in [1.29, 1.82) is 0 Å². The van der Waals surface area contributed by atoms with Crippen molar-refractivity contribution in [3.63, 3.8) is 0 Å². The van der Waals surface area contributed by atoms with Crippen LogP contribution >= 0.6 is 0 Å². The fourth-order valence-electron chi connectivity index (χ4n) is 11.7. The summed E-state index contributed by atoms with van der Waals surface area (Å²) in [5, 5.41) is 21.4. The third-order valence-corrected chi connectivity index (χ3v) is 19.2. The molecule has 4 aromatic rings. The Balaban J connectivity index is 0.900. The minimum Gasteiger partial charge on any atom is -0.372 e. The fourth-order valence-corrected chi connectivity index (χ4v) is 14.5. The van der Waals surface area contributed by atoms with E-state index in [4.69, 9.17) is 4.74 Å². The summed E-state index contributed by atoms with van der Waals surface area (Å²) in [6, 6.07) is 26.4. The summed E-state index contributed by atoms with van der Waals surface area (Å²) in [6.07, 6.45) is 5.88. The molecule has 7 amide bonds. The lowest BCUT2D eigenvalue weighted by molar-refractivity contribution is -0.144. The van der Waals surface area contributed by atoms with E-state index in [1.54, 1.807) is 62.0 Å². The van der Waals surface area contributed by atoms with Gasteiger partial charge in [0.05, 0.1) is 45.0 Å². The van der Waals surface area contributed by atoms with E-state index >= 15 is 0 Å². The van der Waals surface area contributed by atoms with Crippen LogP contribution in [0.2, 0.25) is 19.1 Å². The Morgan fingerprint density at radius 2 is 1.20 bits per heavy atom. The maximum absolute atomic E-state index is 14.7. The molecule has 2 fully saturated rings. The monoisotopic (exact) mass is 1110 g/mol. The minimum atomic E-state index is -2.00. The van der Waals surface area contributed by atoms with Crippen LogP contribution in [0.4, 0.5) is 5.69 Å². The van der Waals surface area contributed by atoms with Gasteiger partial charge in [-0.1, -0.05) is 107 Å². The maximum atomic E-state index is 14.7. The number of nitrogens with zero attached hydrogens (tertiary/aromatic N) is 2. The molecule has 0 saturated carbocycles. The van der Waals surface area contributed by atoms with Crippen molar-refractivity contribution < 1.29 is 38.3 Å². The summed E-state index contributed by atoms with van der Waals surface area (Å²) in [4.78, 5) is 101. The van der Waals surface area contributed by atoms with E-state index in [0.29, 0.717) is 23.5 Å². The number of hydrogen-bond acceptors (Lipinski definition) is 10. The molecule has 2 saturated heterocycles. The molecule has 4 aliphatic rings. The number of anilines is 1. The van der Waals surface area contributed by atoms with E-state index in [2.05, 4.69) is 74.6 Å². The van der Waals surface area contributed by atoms with Crippen LogP contribution in [0.15, 0.2) is 97.1 Å². The summed E-state index contributed by atoms with van der Waals surface area (Å²) in [7, 11) is 1.36. The molecule has 428 valence electrons. The molecule has 8 rings (SSSR count). The van der Waals surface area contributed by atoms with E-state index in [1.807, 2.05) is 69.3 Å². The molecule has 80 heavy (non-hydrogen) atoms. The first-order valence-electron chi connectivity index (χ1n) is 28.6. The van der Waals surface area contributed by atoms with Gasteiger partial charge < -0.3 is 51.8 Å². The minimum absolute atomic E-state index is 0.124. The molecule has 2 aliphatic heterocycles. The first-order valence-corrected chi connectivity index (χ1v) is 32.0. The Kier molecular flexibility index (Phi) is 19.2. The van der Waals surface area contributed by atoms with Crippen LogP contribution in [-0.2, 0) is 59.4 Å². The molecular weight excluding hydrogens is 1030 g/mol. The third-order valence-electron chi connectivity index (χ3n) is 16.5. The van der Waals surface area contributed by atoms with Gasteiger partial charge in [-0.05, 0) is 136 Å². The average molecular weight is 1110 g/mol. The van der Waals surface area contributed by atoms with Crippen molar-refractivity contribution >= 4 is 55.1 Å². The second-order valence-corrected chi connectivity index (χ2v) is 29.3. The van der Waals surface area contributed by atoms with Gasteiger partial charge in [-0.25, -0.2) is 0 Å². The van der Waals surface area contributed by atoms with Gasteiger partial charge in [-0.2, -0.15) is 0 Å². The lowest BCUT2D eigenvalue weighted by atomic mass is 9.85. The maximum Gasteiger partial charge on any atom is 0.255 e. The molecule has 18 heteroatoms. The van der Waals surface area contributed by atoms with Crippen molar-refractivity contribution in [2.45, 2.75) is 166 Å². The number of carbonyl (C=O) groups is 7. The van der Waals surface area contributed by atoms with Gasteiger partial charge in [-0.15, -0.1) is 0 Å². The zero-order valence-electron chi connectivity index (χ0n) is 48.1. The van der Waals surface area contributed by atoms with Gasteiger partial charge in [0.1, 0.15) is 24.2 Å². The van der Waals surface area contributed by atoms with Crippen molar-refractivity contribution in [1.82, 2.24) is 41.7 Å². The number of benzene rings is 4. The van der Waals surface area contributed by atoms with Gasteiger partial charge >= 0.3 is 0 Å². The van der Waals surface area contributed by atoms with E-state index in [1.165, 1.54) is 11.1 Å². The van der Waals surface area contributed by atoms with Gasteiger partial charge in [0.25, 0.3) is 5.91 Å². The number of rotatable bonds is 19. The Bertz CT molecular complexity index is 2890. The van der Waals surface area contributed by atoms with Crippen molar-refractivity contribution in [2.24, 2.45) is 5.41 Å². The molecule has 2 aliphatic carbocycles. The Hall–Kier alpha value is -6.73. The molecule has 17 nitrogen and oxygen atoms in total. The third kappa shape index (κ3) is 14.4. The molecule has 0 aromatic heterocycles. The molecule has 9 atom stereocenters. The SMILES string of the molecule is CN[C@@H](C)C(=O)N[C@@H](Cc1ccc(NC(=O)c2ccc(CO[C@H]3C[C@@H](C(=O)N[C@@H]4CCCc5ccccc54)N(C(=O)[C@@H](NC(=O)[C@H](C)NC)C(C)(C)C)C3)cc2)cc1)C(=O)N1C[Si](C)(C)C[C@H]1C(=O)N[C@@H]1CCCc2ccccc21. The highest BCUT2D eigenvalue weighted by Gasteiger charge is 2.48. The molecule has 2 heterocycles. The first-order chi connectivity index (χ1) is 38.1. The fraction of sp³-hybridized carbons (Fsp3) is 0.500. The molecule has 7 N–H and O–H groups in total. The summed E-state index contributed by atoms with van der Waals surface area (Å²) < 4.78 is 6.44. The number of amides is 7. The average Bonchev–Trinajstić information content (AvgIpc) is 4.04. The largest absolute Gasteiger partial charge is 0.372 e. The first kappa shape index (κ1) is 59.4. The van der Waals surface area contributed by atoms with E-state index < -0.39 is 55.8 Å². The zero-order chi connectivity index (χ0) is 57.5. The second kappa shape index (κ2) is 25.8. The van der Waals surface area contributed by atoms with Gasteiger partial charge in [0.15, 0.2) is 0 Å². The topological polar surface area (TPSA) is 219 Å². The predicted molar refractivity (Wildman–Crippen MR) is 312 cm³/mol. The Labute approximate surface area is 472 Å². The van der Waals surface area contributed by atoms with Gasteiger partial charge in [0.2, 0.25) is 35.4 Å². The molecule has 0 radical (unpaired) electrons. The number of carbonyl (C=O) groups excluding carboxylic acids is 7. The summed E-state index contributed by atoms with van der Waals surface area (Å²) in [6.45, 7) is 13.8. The standard InChI is InChI=1S/C62H83N9O8Si/c1-38(63-6)55(72)68-51(60(77)71-37-80(8,9)36-53(71)59(76)67-50-23-15-19-43-17-11-13-21-48(43)50)32-40-26-30-45(31-27-40)65-57(74)44-28-24-41(25-29-44)35-79-46-33-52(58(75)66-49-22-14-18-42-16-10-12-20-47(42)49)70(34-46)61(78)54(62(3,4)5)69-56(73)39(2)64-7/h10-13,16-17,20-21,24-31,38-39,46,49-54,63-64H,14-15,18-19,22-23,32-37H2,1-9H3,(H,65,74)(H,66,75)(H,67,76)(H,68,72)(H,69,73)/t38-,39-,46-,49+,50+,51-,52-,53-,54+/m0/s1. The molecular formula is C62H83N9O8Si. The van der Waals surface area contributed by atoms with Crippen molar-refractivity contribution in [3.8, 4) is 0 Å². The van der Waals surface area contributed by atoms with E-state index in [0.717, 1.165) is 60.8 Å². The van der Waals surface area contributed by atoms with Crippen LogP contribution in [-0.4, -0.2) is 128 Å². The van der Waals surface area contributed by atoms with Crippen molar-refractivity contribution in [2.75, 3.05) is 32.1 Å². The number of likely N-dealkylation sites (tertiary alicyclic amines) is 1. The number of likely N-dealkylation sites (N-methyl/N-ethyl adjacent to an activating group) is 2. The summed E-state index contributed by atoms with van der Waals surface area (Å²) >= 11 is 0. The van der Waals surface area contributed by atoms with Crippen LogP contribution in [0.25, 0.3) is 0 Å². The molecule has 0 unspecified atom stereocenters. The van der Waals surface area contributed by atoms with Gasteiger partial charge in [-0.3, -0.25) is 33.6 Å². The number of aryl methyl sites for hydroxylation is 2. The number of ether oxygens (including phenoxy) is 1. The molecule has 0 spiro atoms. The summed E-state index contributed by atoms with van der Waals surface area (Å²) in [5.74, 6) is -2.05. The molecule has 4 aromatic carbocycles. The van der Waals surface area contributed by atoms with Gasteiger partial charge in [0, 0.05) is 36.8 Å². The highest BCUT2D eigenvalue weighted by atomic mass is 28.3. The number of nitrogens with one attached hydrogen (secondary N) is 7. The molecule has 0 bridgehead atoms. The Morgan fingerprint density at radius 3 is 1.76 bits per heavy atom. The van der Waals surface area contributed by atoms with Crippen molar-refractivity contribution in [3.05, 3.63) is 136 Å². The number of hydrogen-bond donors (Lipinski definition) is 7. The lowest BCUT2D eigenvalue weighted by Crippen LogP contribution is -2.59. The summed E-state index contributed by atoms with van der Waals surface area (Å²) in [5.41, 5.74) is 6.49. The van der Waals surface area contributed by atoms with Crippen LogP contribution in [0, 0.1) is 5.41 Å². The zero-order valence-corrected chi connectivity index (χ0v) is 49.1. The second-order valence-electron chi connectivity index (χ2n) is 24.3. The highest BCUT2D eigenvalue weighted by Crippen LogP contribution is 2.35. The smallest absolute Gasteiger partial charge is 0.255 e. The lowest BCUT2D eigenvalue weighted by Gasteiger charge is -2.36.